The molecule has 1 amide bonds. The van der Waals surface area contributed by atoms with Gasteiger partial charge in [-0.15, -0.1) is 0 Å². The maximum Gasteiger partial charge on any atom is 0.240 e. The van der Waals surface area contributed by atoms with E-state index in [0.717, 1.165) is 18.5 Å². The zero-order valence-electron chi connectivity index (χ0n) is 12.2. The molecule has 0 radical (unpaired) electrons. The summed E-state index contributed by atoms with van der Waals surface area (Å²) in [6.45, 7) is 2.31. The molecule has 1 aliphatic rings. The van der Waals surface area contributed by atoms with E-state index in [1.54, 1.807) is 25.0 Å². The lowest BCUT2D eigenvalue weighted by Crippen LogP contribution is -2.43. The zero-order chi connectivity index (χ0) is 14.6. The highest BCUT2D eigenvalue weighted by Crippen LogP contribution is 2.19. The second kappa shape index (κ2) is 6.63. The van der Waals surface area contributed by atoms with Gasteiger partial charge in [-0.1, -0.05) is 0 Å². The van der Waals surface area contributed by atoms with Gasteiger partial charge in [-0.2, -0.15) is 11.8 Å². The number of nitrogens with zero attached hydrogens (tertiary/aromatic N) is 2. The van der Waals surface area contributed by atoms with E-state index in [1.165, 1.54) is 18.5 Å². The number of imidazole rings is 1. The van der Waals surface area contributed by atoms with Gasteiger partial charge in [0.15, 0.2) is 0 Å². The molecule has 0 saturated carbocycles. The van der Waals surface area contributed by atoms with E-state index in [9.17, 15) is 9.90 Å². The largest absolute Gasteiger partial charge is 0.387 e. The van der Waals surface area contributed by atoms with Crippen LogP contribution in [0.3, 0.4) is 0 Å². The molecule has 0 aliphatic heterocycles. The molecule has 1 heterocycles. The number of carbonyl (C=O) groups excluding carboxylic acids is 1. The average molecular weight is 297 g/mol. The summed E-state index contributed by atoms with van der Waals surface area (Å²) in [6, 6.07) is 0. The van der Waals surface area contributed by atoms with Gasteiger partial charge in [0.05, 0.1) is 17.6 Å². The first kappa shape index (κ1) is 15.4. The second-order valence-corrected chi connectivity index (χ2v) is 6.55. The van der Waals surface area contributed by atoms with Crippen LogP contribution in [-0.4, -0.2) is 44.7 Å². The minimum atomic E-state index is -0.858. The first-order valence-corrected chi connectivity index (χ1v) is 8.42. The third-order valence-electron chi connectivity index (χ3n) is 3.55. The summed E-state index contributed by atoms with van der Waals surface area (Å²) in [7, 11) is 0. The van der Waals surface area contributed by atoms with E-state index in [-0.39, 0.29) is 19.0 Å². The molecule has 1 aromatic heterocycles. The van der Waals surface area contributed by atoms with Crippen LogP contribution in [0.25, 0.3) is 0 Å². The van der Waals surface area contributed by atoms with Crippen LogP contribution in [0.4, 0.5) is 0 Å². The highest BCUT2D eigenvalue weighted by Gasteiger charge is 2.21. The molecule has 5 nitrogen and oxygen atoms in total. The minimum absolute atomic E-state index is 0.0721. The maximum atomic E-state index is 12.0. The van der Waals surface area contributed by atoms with E-state index >= 15 is 0 Å². The standard InChI is InChI=1S/C14H23N3O2S/c1-14(19,9-20-2)8-15-13(18)7-17-10-16-11-5-3-4-6-12(11)17/h10,19H,3-9H2,1-2H3,(H,15,18). The van der Waals surface area contributed by atoms with Crippen LogP contribution in [0.1, 0.15) is 31.2 Å². The Hall–Kier alpha value is -1.01. The summed E-state index contributed by atoms with van der Waals surface area (Å²) in [5.74, 6) is 0.533. The second-order valence-electron chi connectivity index (χ2n) is 5.68. The third-order valence-corrected chi connectivity index (χ3v) is 4.46. The number of aryl methyl sites for hydroxylation is 1. The Labute approximate surface area is 124 Å². The highest BCUT2D eigenvalue weighted by atomic mass is 32.2. The van der Waals surface area contributed by atoms with Crippen LogP contribution < -0.4 is 5.32 Å². The molecule has 0 aromatic carbocycles. The number of thioether (sulfide) groups is 1. The number of carbonyl (C=O) groups is 1. The number of rotatable bonds is 6. The fourth-order valence-electron chi connectivity index (χ4n) is 2.53. The van der Waals surface area contributed by atoms with Gasteiger partial charge in [-0.05, 0) is 38.9 Å². The molecule has 0 fully saturated rings. The van der Waals surface area contributed by atoms with Crippen molar-refractivity contribution in [1.29, 1.82) is 0 Å². The summed E-state index contributed by atoms with van der Waals surface area (Å²) in [4.78, 5) is 16.3. The van der Waals surface area contributed by atoms with Gasteiger partial charge in [0, 0.05) is 18.0 Å². The summed E-state index contributed by atoms with van der Waals surface area (Å²) in [5, 5.41) is 12.8. The summed E-state index contributed by atoms with van der Waals surface area (Å²) >= 11 is 1.57. The van der Waals surface area contributed by atoms with E-state index in [0.29, 0.717) is 5.75 Å². The van der Waals surface area contributed by atoms with E-state index in [1.807, 2.05) is 10.8 Å². The van der Waals surface area contributed by atoms with Crippen molar-refractivity contribution in [2.75, 3.05) is 18.6 Å². The predicted octanol–water partition coefficient (Wildman–Crippen LogP) is 0.992. The van der Waals surface area contributed by atoms with Gasteiger partial charge in [0.25, 0.3) is 0 Å². The van der Waals surface area contributed by atoms with Crippen LogP contribution in [0.2, 0.25) is 0 Å². The molecular formula is C14H23N3O2S. The Morgan fingerprint density at radius 1 is 1.55 bits per heavy atom. The zero-order valence-corrected chi connectivity index (χ0v) is 13.0. The van der Waals surface area contributed by atoms with Crippen LogP contribution in [0.15, 0.2) is 6.33 Å². The van der Waals surface area contributed by atoms with Gasteiger partial charge in [0.1, 0.15) is 6.54 Å². The quantitative estimate of drug-likeness (QED) is 0.822. The Kier molecular flexibility index (Phi) is 5.10. The molecular weight excluding hydrogens is 274 g/mol. The Balaban J connectivity index is 1.87. The fraction of sp³-hybridized carbons (Fsp3) is 0.714. The average Bonchev–Trinajstić information content (AvgIpc) is 2.80. The number of aromatic nitrogens is 2. The minimum Gasteiger partial charge on any atom is -0.387 e. The summed E-state index contributed by atoms with van der Waals surface area (Å²) in [6.07, 6.45) is 8.08. The predicted molar refractivity (Wildman–Crippen MR) is 80.9 cm³/mol. The molecule has 0 bridgehead atoms. The van der Waals surface area contributed by atoms with Crippen molar-refractivity contribution in [3.8, 4) is 0 Å². The number of aliphatic hydroxyl groups is 1. The van der Waals surface area contributed by atoms with Gasteiger partial charge in [0.2, 0.25) is 5.91 Å². The molecule has 1 unspecified atom stereocenters. The van der Waals surface area contributed by atoms with Crippen molar-refractivity contribution < 1.29 is 9.90 Å². The monoisotopic (exact) mass is 297 g/mol. The lowest BCUT2D eigenvalue weighted by atomic mass is 10.0. The number of hydrogen-bond donors (Lipinski definition) is 2. The first-order chi connectivity index (χ1) is 9.52. The molecule has 1 atom stereocenters. The van der Waals surface area contributed by atoms with Crippen LogP contribution in [-0.2, 0) is 24.2 Å². The van der Waals surface area contributed by atoms with Crippen LogP contribution >= 0.6 is 11.8 Å². The summed E-state index contributed by atoms with van der Waals surface area (Å²) < 4.78 is 1.94. The molecule has 2 rings (SSSR count). The third kappa shape index (κ3) is 3.99. The normalized spacial score (nSPS) is 17.4. The highest BCUT2D eigenvalue weighted by molar-refractivity contribution is 7.98. The number of hydrogen-bond acceptors (Lipinski definition) is 4. The number of nitrogens with one attached hydrogen (secondary N) is 1. The van der Waals surface area contributed by atoms with Crippen molar-refractivity contribution in [1.82, 2.24) is 14.9 Å². The molecule has 0 saturated heterocycles. The molecule has 1 aliphatic carbocycles. The smallest absolute Gasteiger partial charge is 0.240 e. The van der Waals surface area contributed by atoms with Gasteiger partial charge < -0.3 is 15.0 Å². The van der Waals surface area contributed by atoms with Crippen molar-refractivity contribution >= 4 is 17.7 Å². The lowest BCUT2D eigenvalue weighted by Gasteiger charge is -2.22. The molecule has 1 aromatic rings. The molecule has 2 N–H and O–H groups in total. The molecule has 0 spiro atoms. The lowest BCUT2D eigenvalue weighted by molar-refractivity contribution is -0.122. The van der Waals surface area contributed by atoms with E-state index in [2.05, 4.69) is 10.3 Å². The first-order valence-electron chi connectivity index (χ1n) is 7.03. The number of amides is 1. The van der Waals surface area contributed by atoms with Gasteiger partial charge in [-0.3, -0.25) is 4.79 Å². The van der Waals surface area contributed by atoms with Crippen molar-refractivity contribution in [2.45, 2.75) is 44.8 Å². The van der Waals surface area contributed by atoms with E-state index in [4.69, 9.17) is 0 Å². The Morgan fingerprint density at radius 3 is 3.05 bits per heavy atom. The number of fused-ring (bicyclic) bond motifs is 1. The maximum absolute atomic E-state index is 12.0. The van der Waals surface area contributed by atoms with Gasteiger partial charge in [-0.25, -0.2) is 4.98 Å². The Bertz CT molecular complexity index is 471. The fourth-order valence-corrected chi connectivity index (χ4v) is 3.25. The topological polar surface area (TPSA) is 67.2 Å². The summed E-state index contributed by atoms with van der Waals surface area (Å²) in [5.41, 5.74) is 1.48. The molecule has 20 heavy (non-hydrogen) atoms. The SMILES string of the molecule is CSCC(C)(O)CNC(=O)Cn1cnc2c1CCCC2. The molecule has 6 heteroatoms. The van der Waals surface area contributed by atoms with E-state index < -0.39 is 5.60 Å². The molecule has 112 valence electrons. The van der Waals surface area contributed by atoms with Crippen molar-refractivity contribution in [3.05, 3.63) is 17.7 Å². The Morgan fingerprint density at radius 2 is 2.30 bits per heavy atom. The van der Waals surface area contributed by atoms with Crippen LogP contribution in [0.5, 0.6) is 0 Å². The van der Waals surface area contributed by atoms with Gasteiger partial charge >= 0.3 is 0 Å². The van der Waals surface area contributed by atoms with Crippen molar-refractivity contribution in [2.24, 2.45) is 0 Å². The van der Waals surface area contributed by atoms with Crippen molar-refractivity contribution in [3.63, 3.8) is 0 Å². The van der Waals surface area contributed by atoms with Crippen LogP contribution in [0, 0.1) is 0 Å².